The van der Waals surface area contributed by atoms with Gasteiger partial charge in [-0.05, 0) is 13.1 Å². The largest absolute Gasteiger partial charge is 0.578 e. The summed E-state index contributed by atoms with van der Waals surface area (Å²) in [5.74, 6) is 0. The molecule has 0 aliphatic carbocycles. The lowest BCUT2D eigenvalue weighted by molar-refractivity contribution is 0.483. The van der Waals surface area contributed by atoms with E-state index in [1.54, 1.807) is 5.70 Å². The van der Waals surface area contributed by atoms with Gasteiger partial charge in [0.15, 0.2) is 0 Å². The molecular weight excluding hydrogens is 136 g/mol. The van der Waals surface area contributed by atoms with Crippen LogP contribution in [0.2, 0.25) is 13.1 Å². The lowest BCUT2D eigenvalue weighted by atomic mass is 11.3. The monoisotopic (exact) mass is 146 g/mol. The molecular formula is C4H10O2Si2. The minimum atomic E-state index is -1.69. The van der Waals surface area contributed by atoms with E-state index in [0.717, 1.165) is 0 Å². The molecule has 0 aliphatic heterocycles. The van der Waals surface area contributed by atoms with Crippen molar-refractivity contribution in [3.8, 4) is 0 Å². The van der Waals surface area contributed by atoms with E-state index in [0.29, 0.717) is 0 Å². The van der Waals surface area contributed by atoms with E-state index in [4.69, 9.17) is 4.12 Å². The van der Waals surface area contributed by atoms with Crippen molar-refractivity contribution in [2.75, 3.05) is 0 Å². The van der Waals surface area contributed by atoms with Crippen molar-refractivity contribution in [3.05, 3.63) is 12.3 Å². The summed E-state index contributed by atoms with van der Waals surface area (Å²) in [5, 5.41) is 0. The van der Waals surface area contributed by atoms with E-state index < -0.39 is 18.0 Å². The first-order valence-electron chi connectivity index (χ1n) is 2.37. The number of rotatable bonds is 3. The SMILES string of the molecule is C=C[Si](C)(C)O[SiH]=O. The third-order valence-electron chi connectivity index (χ3n) is 0.843. The van der Waals surface area contributed by atoms with Gasteiger partial charge in [0.2, 0.25) is 0 Å². The van der Waals surface area contributed by atoms with E-state index >= 15 is 0 Å². The topological polar surface area (TPSA) is 26.3 Å². The normalized spacial score (nSPS) is 10.2. The quantitative estimate of drug-likeness (QED) is 0.546. The van der Waals surface area contributed by atoms with Gasteiger partial charge in [0.25, 0.3) is 8.32 Å². The minimum absolute atomic E-state index is 1.05. The van der Waals surface area contributed by atoms with Crippen LogP contribution in [0, 0.1) is 0 Å². The molecule has 0 aromatic heterocycles. The first kappa shape index (κ1) is 7.77. The van der Waals surface area contributed by atoms with Crippen LogP contribution >= 0.6 is 0 Å². The van der Waals surface area contributed by atoms with Crippen LogP contribution in [0.3, 0.4) is 0 Å². The maximum Gasteiger partial charge on any atom is 0.472 e. The maximum atomic E-state index is 9.95. The fourth-order valence-corrected chi connectivity index (χ4v) is 1.55. The smallest absolute Gasteiger partial charge is 0.472 e. The fraction of sp³-hybridized carbons (Fsp3) is 0.500. The number of hydrogen-bond donors (Lipinski definition) is 0. The van der Waals surface area contributed by atoms with Crippen LogP contribution in [-0.4, -0.2) is 18.0 Å². The Morgan fingerprint density at radius 1 is 1.75 bits per heavy atom. The van der Waals surface area contributed by atoms with Crippen molar-refractivity contribution in [2.45, 2.75) is 13.1 Å². The first-order valence-corrected chi connectivity index (χ1v) is 6.30. The predicted molar refractivity (Wildman–Crippen MR) is 36.6 cm³/mol. The molecule has 0 N–H and O–H groups in total. The fourth-order valence-electron chi connectivity index (χ4n) is 0.172. The second kappa shape index (κ2) is 2.93. The third kappa shape index (κ3) is 2.87. The molecule has 0 amide bonds. The molecule has 0 radical (unpaired) electrons. The predicted octanol–water partition coefficient (Wildman–Crippen LogP) is 0.630. The van der Waals surface area contributed by atoms with Gasteiger partial charge in [0, 0.05) is 0 Å². The van der Waals surface area contributed by atoms with Crippen LogP contribution in [0.1, 0.15) is 0 Å². The highest BCUT2D eigenvalue weighted by Gasteiger charge is 2.16. The highest BCUT2D eigenvalue weighted by Crippen LogP contribution is 2.00. The molecule has 2 nitrogen and oxygen atoms in total. The van der Waals surface area contributed by atoms with E-state index in [2.05, 4.69) is 6.58 Å². The number of hydrogen-bond acceptors (Lipinski definition) is 2. The molecule has 0 aliphatic rings. The van der Waals surface area contributed by atoms with Gasteiger partial charge in [0.1, 0.15) is 0 Å². The molecule has 0 aromatic rings. The van der Waals surface area contributed by atoms with E-state index in [9.17, 15) is 4.46 Å². The first-order chi connectivity index (χ1) is 3.62. The molecule has 0 heterocycles. The van der Waals surface area contributed by atoms with Crippen molar-refractivity contribution in [1.29, 1.82) is 0 Å². The van der Waals surface area contributed by atoms with Gasteiger partial charge in [-0.2, -0.15) is 0 Å². The zero-order chi connectivity index (χ0) is 6.62. The lowest BCUT2D eigenvalue weighted by Crippen LogP contribution is -2.27. The van der Waals surface area contributed by atoms with Crippen molar-refractivity contribution >= 4 is 18.0 Å². The zero-order valence-corrected chi connectivity index (χ0v) is 7.33. The van der Waals surface area contributed by atoms with Gasteiger partial charge in [-0.15, -0.1) is 6.58 Å². The average Bonchev–Trinajstić information content (AvgIpc) is 1.67. The Balaban J connectivity index is 3.70. The highest BCUT2D eigenvalue weighted by atomic mass is 28.4. The molecule has 0 spiro atoms. The van der Waals surface area contributed by atoms with Crippen LogP contribution in [0.25, 0.3) is 0 Å². The van der Waals surface area contributed by atoms with Crippen molar-refractivity contribution < 1.29 is 8.58 Å². The molecule has 0 aromatic carbocycles. The van der Waals surface area contributed by atoms with Crippen LogP contribution in [0.5, 0.6) is 0 Å². The van der Waals surface area contributed by atoms with Gasteiger partial charge in [0.05, 0.1) is 0 Å². The summed E-state index contributed by atoms with van der Waals surface area (Å²) >= 11 is 0. The third-order valence-corrected chi connectivity index (χ3v) is 4.64. The van der Waals surface area contributed by atoms with Gasteiger partial charge in [-0.3, -0.25) is 0 Å². The summed E-state index contributed by atoms with van der Waals surface area (Å²) in [7, 11) is -2.74. The average molecular weight is 146 g/mol. The molecule has 0 unspecified atom stereocenters. The van der Waals surface area contributed by atoms with Gasteiger partial charge in [-0.1, -0.05) is 5.70 Å². The van der Waals surface area contributed by atoms with Gasteiger partial charge < -0.3 is 8.58 Å². The Kier molecular flexibility index (Phi) is 2.85. The minimum Gasteiger partial charge on any atom is -0.578 e. The molecule has 0 atom stereocenters. The van der Waals surface area contributed by atoms with E-state index in [1.165, 1.54) is 0 Å². The van der Waals surface area contributed by atoms with Crippen LogP contribution in [-0.2, 0) is 8.58 Å². The zero-order valence-electron chi connectivity index (χ0n) is 5.18. The maximum absolute atomic E-state index is 9.95. The molecule has 0 rings (SSSR count). The summed E-state index contributed by atoms with van der Waals surface area (Å²) in [6.07, 6.45) is 0. The van der Waals surface area contributed by atoms with Gasteiger partial charge in [-0.25, -0.2) is 0 Å². The van der Waals surface area contributed by atoms with Crippen molar-refractivity contribution in [1.82, 2.24) is 0 Å². The molecule has 4 heteroatoms. The summed E-state index contributed by atoms with van der Waals surface area (Å²) in [4.78, 5) is 0. The Morgan fingerprint density at radius 2 is 2.25 bits per heavy atom. The molecule has 0 bridgehead atoms. The second-order valence-electron chi connectivity index (χ2n) is 2.02. The Morgan fingerprint density at radius 3 is 2.38 bits per heavy atom. The lowest BCUT2D eigenvalue weighted by Gasteiger charge is -2.13. The second-order valence-corrected chi connectivity index (χ2v) is 6.77. The molecule has 8 heavy (non-hydrogen) atoms. The van der Waals surface area contributed by atoms with Crippen molar-refractivity contribution in [3.63, 3.8) is 0 Å². The van der Waals surface area contributed by atoms with Crippen LogP contribution in [0.15, 0.2) is 12.3 Å². The summed E-state index contributed by atoms with van der Waals surface area (Å²) < 4.78 is 14.9. The Labute approximate surface area is 52.7 Å². The molecule has 0 fully saturated rings. The van der Waals surface area contributed by atoms with Crippen LogP contribution < -0.4 is 0 Å². The summed E-state index contributed by atoms with van der Waals surface area (Å²) in [6.45, 7) is 7.46. The highest BCUT2D eigenvalue weighted by molar-refractivity contribution is 6.78. The van der Waals surface area contributed by atoms with Crippen molar-refractivity contribution in [2.24, 2.45) is 0 Å². The summed E-state index contributed by atoms with van der Waals surface area (Å²) in [6, 6.07) is 0. The van der Waals surface area contributed by atoms with E-state index in [1.807, 2.05) is 13.1 Å². The summed E-state index contributed by atoms with van der Waals surface area (Å²) in [5.41, 5.74) is 1.76. The molecule has 0 saturated heterocycles. The van der Waals surface area contributed by atoms with Crippen LogP contribution in [0.4, 0.5) is 0 Å². The molecule has 46 valence electrons. The standard InChI is InChI=1S/C4H10O2Si2/c1-4-8(2,3)6-7-5/h4,7H,1H2,2-3H3. The van der Waals surface area contributed by atoms with E-state index in [-0.39, 0.29) is 0 Å². The molecule has 0 saturated carbocycles. The Bertz CT molecular complexity index is 100. The van der Waals surface area contributed by atoms with Gasteiger partial charge >= 0.3 is 9.65 Å². The Hall–Kier alpha value is -0.226.